The number of aromatic nitrogens is 4. The molecule has 1 N–H and O–H groups in total. The molecule has 1 saturated heterocycles. The summed E-state index contributed by atoms with van der Waals surface area (Å²) in [6.45, 7) is 4.66. The average molecular weight is 406 g/mol. The zero-order chi connectivity index (χ0) is 20.9. The molecule has 1 fully saturated rings. The molecule has 0 radical (unpaired) electrons. The maximum Gasteiger partial charge on any atom is 0.271 e. The van der Waals surface area contributed by atoms with E-state index in [-0.39, 0.29) is 5.91 Å². The van der Waals surface area contributed by atoms with Crippen LogP contribution in [0.4, 0.5) is 5.82 Å². The zero-order valence-electron chi connectivity index (χ0n) is 17.3. The third-order valence-corrected chi connectivity index (χ3v) is 5.29. The maximum absolute atomic E-state index is 12.5. The van der Waals surface area contributed by atoms with E-state index in [4.69, 9.17) is 4.74 Å². The normalized spacial score (nSPS) is 16.3. The molecule has 30 heavy (non-hydrogen) atoms. The van der Waals surface area contributed by atoms with E-state index in [1.54, 1.807) is 30.5 Å². The SMILES string of the molecule is COc1cccc(CNC(=O)c2cn(-c3cc(N4CCC[C@H](C)C4)ncn3)cn2)c1. The van der Waals surface area contributed by atoms with Gasteiger partial charge in [-0.25, -0.2) is 15.0 Å². The molecule has 156 valence electrons. The lowest BCUT2D eigenvalue weighted by molar-refractivity contribution is 0.0946. The lowest BCUT2D eigenvalue weighted by Crippen LogP contribution is -2.34. The molecule has 3 heterocycles. The number of imidazole rings is 1. The van der Waals surface area contributed by atoms with Gasteiger partial charge in [-0.05, 0) is 36.5 Å². The van der Waals surface area contributed by atoms with Gasteiger partial charge in [0.05, 0.1) is 7.11 Å². The summed E-state index contributed by atoms with van der Waals surface area (Å²) in [5.41, 5.74) is 1.29. The van der Waals surface area contributed by atoms with Gasteiger partial charge in [0.1, 0.15) is 35.7 Å². The molecule has 0 bridgehead atoms. The first-order valence-corrected chi connectivity index (χ1v) is 10.1. The fraction of sp³-hybridized carbons (Fsp3) is 0.364. The van der Waals surface area contributed by atoms with Gasteiger partial charge in [0.25, 0.3) is 5.91 Å². The van der Waals surface area contributed by atoms with Crippen LogP contribution in [0.2, 0.25) is 0 Å². The molecule has 1 aliphatic rings. The van der Waals surface area contributed by atoms with Gasteiger partial charge in [0, 0.05) is 31.9 Å². The standard InChI is InChI=1S/C22H26N6O2/c1-16-5-4-8-27(12-16)20-10-21(25-14-24-20)28-13-19(26-15-28)22(29)23-11-17-6-3-7-18(9-17)30-2/h3,6-7,9-10,13-16H,4-5,8,11-12H2,1-2H3,(H,23,29)/t16-/m0/s1. The van der Waals surface area contributed by atoms with Crippen LogP contribution in [0.3, 0.4) is 0 Å². The number of anilines is 1. The number of nitrogens with zero attached hydrogens (tertiary/aromatic N) is 5. The van der Waals surface area contributed by atoms with E-state index in [1.807, 2.05) is 30.3 Å². The van der Waals surface area contributed by atoms with Crippen LogP contribution < -0.4 is 15.0 Å². The van der Waals surface area contributed by atoms with Gasteiger partial charge >= 0.3 is 0 Å². The van der Waals surface area contributed by atoms with Gasteiger partial charge in [0.2, 0.25) is 0 Å². The molecule has 0 saturated carbocycles. The highest BCUT2D eigenvalue weighted by Crippen LogP contribution is 2.22. The molecule has 2 aromatic heterocycles. The number of rotatable bonds is 6. The lowest BCUT2D eigenvalue weighted by Gasteiger charge is -2.31. The van der Waals surface area contributed by atoms with Crippen LogP contribution in [0.15, 0.2) is 49.2 Å². The minimum absolute atomic E-state index is 0.240. The Labute approximate surface area is 175 Å². The van der Waals surface area contributed by atoms with E-state index in [2.05, 4.69) is 32.1 Å². The molecule has 1 aromatic carbocycles. The summed E-state index contributed by atoms with van der Waals surface area (Å²) in [7, 11) is 1.62. The second-order valence-electron chi connectivity index (χ2n) is 7.63. The number of hydrogen-bond acceptors (Lipinski definition) is 6. The van der Waals surface area contributed by atoms with Crippen LogP contribution in [0.1, 0.15) is 35.8 Å². The fourth-order valence-electron chi connectivity index (χ4n) is 3.67. The van der Waals surface area contributed by atoms with Gasteiger partial charge in [-0.3, -0.25) is 9.36 Å². The van der Waals surface area contributed by atoms with Crippen LogP contribution in [0.5, 0.6) is 5.75 Å². The van der Waals surface area contributed by atoms with Crippen molar-refractivity contribution < 1.29 is 9.53 Å². The number of piperidine rings is 1. The Morgan fingerprint density at radius 2 is 2.10 bits per heavy atom. The number of nitrogens with one attached hydrogen (secondary N) is 1. The highest BCUT2D eigenvalue weighted by Gasteiger charge is 2.18. The Bertz CT molecular complexity index is 1020. The molecule has 0 unspecified atom stereocenters. The summed E-state index contributed by atoms with van der Waals surface area (Å²) in [5, 5.41) is 2.89. The Balaban J connectivity index is 1.43. The Morgan fingerprint density at radius 3 is 2.93 bits per heavy atom. The highest BCUT2D eigenvalue weighted by molar-refractivity contribution is 5.92. The number of benzene rings is 1. The predicted octanol–water partition coefficient (Wildman–Crippen LogP) is 2.84. The van der Waals surface area contributed by atoms with Crippen molar-refractivity contribution in [1.82, 2.24) is 24.8 Å². The second kappa shape index (κ2) is 8.94. The Hall–Kier alpha value is -3.42. The summed E-state index contributed by atoms with van der Waals surface area (Å²) < 4.78 is 6.96. The number of carbonyl (C=O) groups is 1. The van der Waals surface area contributed by atoms with Crippen molar-refractivity contribution in [3.63, 3.8) is 0 Å². The van der Waals surface area contributed by atoms with Crippen molar-refractivity contribution in [3.05, 3.63) is 60.4 Å². The van der Waals surface area contributed by atoms with Gasteiger partial charge < -0.3 is 15.0 Å². The number of ether oxygens (including phenoxy) is 1. The van der Waals surface area contributed by atoms with Crippen LogP contribution in [0.25, 0.3) is 5.82 Å². The Morgan fingerprint density at radius 1 is 1.23 bits per heavy atom. The quantitative estimate of drug-likeness (QED) is 0.678. The van der Waals surface area contributed by atoms with Crippen LogP contribution in [-0.2, 0) is 6.54 Å². The number of hydrogen-bond donors (Lipinski definition) is 1. The van der Waals surface area contributed by atoms with Gasteiger partial charge in [-0.1, -0.05) is 19.1 Å². The fourth-order valence-corrected chi connectivity index (χ4v) is 3.67. The molecular formula is C22H26N6O2. The third kappa shape index (κ3) is 4.59. The van der Waals surface area contributed by atoms with Gasteiger partial charge in [-0.2, -0.15) is 0 Å². The zero-order valence-corrected chi connectivity index (χ0v) is 17.3. The first-order valence-electron chi connectivity index (χ1n) is 10.1. The van der Waals surface area contributed by atoms with Gasteiger partial charge in [-0.15, -0.1) is 0 Å². The first kappa shape index (κ1) is 19.9. The minimum Gasteiger partial charge on any atom is -0.497 e. The topological polar surface area (TPSA) is 85.2 Å². The third-order valence-electron chi connectivity index (χ3n) is 5.29. The van der Waals surface area contributed by atoms with Crippen molar-refractivity contribution in [2.24, 2.45) is 5.92 Å². The molecule has 3 aromatic rings. The summed E-state index contributed by atoms with van der Waals surface area (Å²) in [4.78, 5) is 27.8. The predicted molar refractivity (Wildman–Crippen MR) is 114 cm³/mol. The number of amides is 1. The molecule has 8 heteroatoms. The van der Waals surface area contributed by atoms with E-state index >= 15 is 0 Å². The molecule has 1 amide bonds. The molecule has 4 rings (SSSR count). The van der Waals surface area contributed by atoms with E-state index in [0.29, 0.717) is 24.0 Å². The average Bonchev–Trinajstić information content (AvgIpc) is 3.28. The molecule has 0 aliphatic carbocycles. The summed E-state index contributed by atoms with van der Waals surface area (Å²) in [6, 6.07) is 9.53. The van der Waals surface area contributed by atoms with Gasteiger partial charge in [0.15, 0.2) is 0 Å². The smallest absolute Gasteiger partial charge is 0.271 e. The molecule has 1 aliphatic heterocycles. The molecule has 1 atom stereocenters. The first-order chi connectivity index (χ1) is 14.6. The molecular weight excluding hydrogens is 380 g/mol. The van der Waals surface area contributed by atoms with Crippen LogP contribution in [-0.4, -0.2) is 45.6 Å². The maximum atomic E-state index is 12.5. The van der Waals surface area contributed by atoms with Crippen LogP contribution >= 0.6 is 0 Å². The van der Waals surface area contributed by atoms with Crippen molar-refractivity contribution in [3.8, 4) is 11.6 Å². The summed E-state index contributed by atoms with van der Waals surface area (Å²) in [6.07, 6.45) is 7.27. The summed E-state index contributed by atoms with van der Waals surface area (Å²) in [5.74, 6) is 2.77. The Kier molecular flexibility index (Phi) is 5.92. The largest absolute Gasteiger partial charge is 0.497 e. The van der Waals surface area contributed by atoms with Crippen LogP contribution in [0, 0.1) is 5.92 Å². The summed E-state index contributed by atoms with van der Waals surface area (Å²) >= 11 is 0. The van der Waals surface area contributed by atoms with E-state index in [0.717, 1.165) is 30.2 Å². The van der Waals surface area contributed by atoms with Crippen molar-refractivity contribution in [1.29, 1.82) is 0 Å². The minimum atomic E-state index is -0.240. The molecule has 8 nitrogen and oxygen atoms in total. The monoisotopic (exact) mass is 406 g/mol. The number of carbonyl (C=O) groups excluding carboxylic acids is 1. The molecule has 0 spiro atoms. The highest BCUT2D eigenvalue weighted by atomic mass is 16.5. The van der Waals surface area contributed by atoms with Crippen molar-refractivity contribution in [2.75, 3.05) is 25.1 Å². The second-order valence-corrected chi connectivity index (χ2v) is 7.63. The van der Waals surface area contributed by atoms with E-state index in [9.17, 15) is 4.79 Å². The number of methoxy groups -OCH3 is 1. The lowest BCUT2D eigenvalue weighted by atomic mass is 10.0. The van der Waals surface area contributed by atoms with E-state index in [1.165, 1.54) is 12.8 Å². The van der Waals surface area contributed by atoms with Crippen molar-refractivity contribution >= 4 is 11.7 Å². The van der Waals surface area contributed by atoms with E-state index < -0.39 is 0 Å². The van der Waals surface area contributed by atoms with Crippen molar-refractivity contribution in [2.45, 2.75) is 26.3 Å².